The van der Waals surface area contributed by atoms with Crippen molar-refractivity contribution in [2.45, 2.75) is 48.5 Å². The van der Waals surface area contributed by atoms with E-state index in [-0.39, 0.29) is 5.82 Å². The Bertz CT molecular complexity index is 715. The Balaban J connectivity index is 2.17. The van der Waals surface area contributed by atoms with Crippen LogP contribution < -0.4 is 11.4 Å². The molecule has 2 aliphatic heterocycles. The third-order valence-corrected chi connectivity index (χ3v) is 4.80. The third-order valence-electron chi connectivity index (χ3n) is 4.80. The van der Waals surface area contributed by atoms with E-state index in [4.69, 9.17) is 15.2 Å². The minimum atomic E-state index is -2.23. The van der Waals surface area contributed by atoms with Crippen molar-refractivity contribution in [3.8, 4) is 0 Å². The minimum Gasteiger partial charge on any atom is -0.394 e. The highest BCUT2D eigenvalue weighted by molar-refractivity contribution is 5.24. The molecule has 0 amide bonds. The number of nitrogens with two attached hydrogens (primary N) is 1. The lowest BCUT2D eigenvalue weighted by atomic mass is 9.92. The van der Waals surface area contributed by atoms with E-state index in [2.05, 4.69) is 4.98 Å². The van der Waals surface area contributed by atoms with Gasteiger partial charge < -0.3 is 45.8 Å². The highest BCUT2D eigenvalue weighted by atomic mass is 16.6. The predicted molar refractivity (Wildman–Crippen MR) is 82.6 cm³/mol. The summed E-state index contributed by atoms with van der Waals surface area (Å²) < 4.78 is 11.8. The van der Waals surface area contributed by atoms with Crippen LogP contribution in [0, 0.1) is 0 Å². The Kier molecular flexibility index (Phi) is 5.02. The SMILES string of the molecule is Nc1ccn([C@]2([C@@H]3O[C@H](CO)[C@@H](O)[C@@H]3O)O[C@H](CO)[C@@H](O)[C@H]2O)c(=O)n1. The normalized spacial score (nSPS) is 43.1. The van der Waals surface area contributed by atoms with Gasteiger partial charge in [0.2, 0.25) is 5.72 Å². The van der Waals surface area contributed by atoms with Crippen molar-refractivity contribution in [2.24, 2.45) is 0 Å². The molecule has 1 aromatic heterocycles. The van der Waals surface area contributed by atoms with E-state index in [1.54, 1.807) is 0 Å². The van der Waals surface area contributed by atoms with E-state index >= 15 is 0 Å². The number of aliphatic hydroxyl groups is 6. The second-order valence-electron chi connectivity index (χ2n) is 6.29. The molecule has 12 heteroatoms. The van der Waals surface area contributed by atoms with Crippen LogP contribution >= 0.6 is 0 Å². The number of anilines is 1. The molecule has 0 unspecified atom stereocenters. The van der Waals surface area contributed by atoms with Gasteiger partial charge in [0.25, 0.3) is 0 Å². The average molecular weight is 375 g/mol. The molecule has 8 N–H and O–H groups in total. The summed E-state index contributed by atoms with van der Waals surface area (Å²) in [4.78, 5) is 15.9. The summed E-state index contributed by atoms with van der Waals surface area (Å²) in [7, 11) is 0. The number of nitrogens with zero attached hydrogens (tertiary/aromatic N) is 2. The zero-order chi connectivity index (χ0) is 19.2. The van der Waals surface area contributed by atoms with Gasteiger partial charge >= 0.3 is 5.69 Å². The van der Waals surface area contributed by atoms with Crippen molar-refractivity contribution >= 4 is 5.82 Å². The number of ether oxygens (including phenoxy) is 2. The number of aliphatic hydroxyl groups excluding tert-OH is 6. The zero-order valence-corrected chi connectivity index (χ0v) is 13.5. The molecule has 0 aliphatic carbocycles. The van der Waals surface area contributed by atoms with Crippen molar-refractivity contribution in [3.05, 3.63) is 22.7 Å². The highest BCUT2D eigenvalue weighted by Crippen LogP contribution is 2.43. The van der Waals surface area contributed by atoms with Crippen molar-refractivity contribution in [1.82, 2.24) is 9.55 Å². The van der Waals surface area contributed by atoms with Gasteiger partial charge in [-0.3, -0.25) is 4.57 Å². The fraction of sp³-hybridized carbons (Fsp3) is 0.714. The van der Waals surface area contributed by atoms with E-state index < -0.39 is 67.4 Å². The highest BCUT2D eigenvalue weighted by Gasteiger charge is 2.65. The standard InChI is InChI=1S/C14H21N3O9/c15-7-1-2-17(13(24)16-7)14(11(23)9(21)6(4-19)26-14)12-10(22)8(20)5(3-18)25-12/h1-2,5-6,8-12,18-23H,3-4H2,(H2,15,16,24)/t5-,6-,8-,9-,10+,11-,12-,14+/m1/s1. The van der Waals surface area contributed by atoms with Gasteiger partial charge in [-0.15, -0.1) is 0 Å². The summed E-state index contributed by atoms with van der Waals surface area (Å²) in [5, 5.41) is 59.9. The lowest BCUT2D eigenvalue weighted by molar-refractivity contribution is -0.234. The topological polar surface area (TPSA) is 201 Å². The Hall–Kier alpha value is -1.64. The molecule has 0 saturated carbocycles. The largest absolute Gasteiger partial charge is 0.394 e. The molecule has 0 spiro atoms. The fourth-order valence-electron chi connectivity index (χ4n) is 3.47. The molecule has 0 bridgehead atoms. The van der Waals surface area contributed by atoms with Crippen LogP contribution in [0.3, 0.4) is 0 Å². The molecule has 2 fully saturated rings. The van der Waals surface area contributed by atoms with Crippen LogP contribution in [-0.2, 0) is 15.2 Å². The summed E-state index contributed by atoms with van der Waals surface area (Å²) in [6.45, 7) is -1.35. The number of hydrogen-bond donors (Lipinski definition) is 7. The van der Waals surface area contributed by atoms with Gasteiger partial charge in [0.15, 0.2) is 0 Å². The monoisotopic (exact) mass is 375 g/mol. The van der Waals surface area contributed by atoms with Gasteiger partial charge in [0.1, 0.15) is 48.5 Å². The third kappa shape index (κ3) is 2.62. The van der Waals surface area contributed by atoms with Gasteiger partial charge in [-0.25, -0.2) is 4.79 Å². The minimum absolute atomic E-state index is 0.116. The first-order valence-corrected chi connectivity index (χ1v) is 7.90. The fourth-order valence-corrected chi connectivity index (χ4v) is 3.47. The summed E-state index contributed by atoms with van der Waals surface area (Å²) in [5.41, 5.74) is 2.25. The van der Waals surface area contributed by atoms with Gasteiger partial charge in [0, 0.05) is 6.20 Å². The van der Waals surface area contributed by atoms with E-state index in [0.717, 1.165) is 10.8 Å². The molecule has 0 radical (unpaired) electrons. The predicted octanol–water partition coefficient (Wildman–Crippen LogP) is -4.93. The van der Waals surface area contributed by atoms with Crippen LogP contribution in [0.15, 0.2) is 17.1 Å². The van der Waals surface area contributed by atoms with Gasteiger partial charge in [0.05, 0.1) is 13.2 Å². The van der Waals surface area contributed by atoms with Gasteiger partial charge in [-0.1, -0.05) is 0 Å². The Morgan fingerprint density at radius 3 is 2.27 bits per heavy atom. The average Bonchev–Trinajstić information content (AvgIpc) is 3.04. The van der Waals surface area contributed by atoms with Crippen LogP contribution in [0.1, 0.15) is 0 Å². The Morgan fingerprint density at radius 1 is 1.12 bits per heavy atom. The van der Waals surface area contributed by atoms with Crippen molar-refractivity contribution in [1.29, 1.82) is 0 Å². The number of nitrogen functional groups attached to an aromatic ring is 1. The molecule has 3 heterocycles. The lowest BCUT2D eigenvalue weighted by Crippen LogP contribution is -2.61. The molecular weight excluding hydrogens is 354 g/mol. The van der Waals surface area contributed by atoms with Crippen LogP contribution in [0.25, 0.3) is 0 Å². The van der Waals surface area contributed by atoms with E-state index in [9.17, 15) is 35.4 Å². The second kappa shape index (κ2) is 6.83. The summed E-state index contributed by atoms with van der Waals surface area (Å²) in [6, 6.07) is 1.22. The molecule has 8 atom stereocenters. The lowest BCUT2D eigenvalue weighted by Gasteiger charge is -2.39. The van der Waals surface area contributed by atoms with E-state index in [1.165, 1.54) is 6.07 Å². The second-order valence-corrected chi connectivity index (χ2v) is 6.29. The molecule has 3 rings (SSSR count). The molecule has 26 heavy (non-hydrogen) atoms. The first-order valence-electron chi connectivity index (χ1n) is 7.90. The van der Waals surface area contributed by atoms with Gasteiger partial charge in [-0.2, -0.15) is 4.98 Å². The summed E-state index contributed by atoms with van der Waals surface area (Å²) in [5.74, 6) is -0.116. The molecule has 1 aromatic rings. The maximum Gasteiger partial charge on any atom is 0.352 e. The zero-order valence-electron chi connectivity index (χ0n) is 13.5. The first-order chi connectivity index (χ1) is 12.3. The molecule has 2 aliphatic rings. The van der Waals surface area contributed by atoms with Crippen LogP contribution in [0.2, 0.25) is 0 Å². The molecule has 0 aromatic carbocycles. The Morgan fingerprint density at radius 2 is 1.77 bits per heavy atom. The van der Waals surface area contributed by atoms with E-state index in [0.29, 0.717) is 0 Å². The van der Waals surface area contributed by atoms with Crippen molar-refractivity contribution < 1.29 is 40.1 Å². The molecular formula is C14H21N3O9. The van der Waals surface area contributed by atoms with Crippen LogP contribution in [0.4, 0.5) is 5.82 Å². The Labute approximate surface area is 146 Å². The maximum absolute atomic E-state index is 12.4. The molecule has 146 valence electrons. The quantitative estimate of drug-likeness (QED) is 0.266. The van der Waals surface area contributed by atoms with Crippen molar-refractivity contribution in [3.63, 3.8) is 0 Å². The van der Waals surface area contributed by atoms with Crippen LogP contribution in [-0.4, -0.2) is 96.1 Å². The molecule has 12 nitrogen and oxygen atoms in total. The molecule has 2 saturated heterocycles. The van der Waals surface area contributed by atoms with Crippen LogP contribution in [0.5, 0.6) is 0 Å². The summed E-state index contributed by atoms with van der Waals surface area (Å²) >= 11 is 0. The number of aromatic nitrogens is 2. The van der Waals surface area contributed by atoms with Gasteiger partial charge in [-0.05, 0) is 6.07 Å². The summed E-state index contributed by atoms with van der Waals surface area (Å²) in [6.07, 6.45) is -9.68. The van der Waals surface area contributed by atoms with E-state index in [1.807, 2.05) is 0 Å². The number of rotatable bonds is 4. The smallest absolute Gasteiger partial charge is 0.352 e. The maximum atomic E-state index is 12.4. The van der Waals surface area contributed by atoms with Crippen molar-refractivity contribution in [2.75, 3.05) is 18.9 Å². The number of hydrogen-bond acceptors (Lipinski definition) is 11. The first kappa shape index (κ1) is 19.1.